The van der Waals surface area contributed by atoms with Gasteiger partial charge in [0.2, 0.25) is 0 Å². The molecule has 0 aliphatic rings. The van der Waals surface area contributed by atoms with Crippen molar-refractivity contribution in [1.29, 1.82) is 0 Å². The number of esters is 1. The molecular weight excluding hydrogens is 282 g/mol. The van der Waals surface area contributed by atoms with Crippen LogP contribution in [0.15, 0.2) is 30.3 Å². The molecule has 1 aromatic heterocycles. The summed E-state index contributed by atoms with van der Waals surface area (Å²) < 4.78 is 6.66. The minimum Gasteiger partial charge on any atom is -0.480 e. The van der Waals surface area contributed by atoms with E-state index in [1.807, 2.05) is 31.2 Å². The highest BCUT2D eigenvalue weighted by atomic mass is 16.5. The van der Waals surface area contributed by atoms with Crippen LogP contribution in [0.2, 0.25) is 0 Å². The van der Waals surface area contributed by atoms with Gasteiger partial charge in [0.25, 0.3) is 0 Å². The van der Waals surface area contributed by atoms with Crippen molar-refractivity contribution in [2.24, 2.45) is 0 Å². The number of carbonyl (C=O) groups excluding carboxylic acids is 1. The molecule has 5 nitrogen and oxygen atoms in total. The number of benzene rings is 1. The predicted octanol–water partition coefficient (Wildman–Crippen LogP) is 3.03. The molecule has 0 spiro atoms. The van der Waals surface area contributed by atoms with E-state index in [-0.39, 0.29) is 13.2 Å². The maximum Gasteiger partial charge on any atom is 0.339 e. The molecule has 0 saturated carbocycles. The van der Waals surface area contributed by atoms with E-state index >= 15 is 0 Å². The van der Waals surface area contributed by atoms with Gasteiger partial charge in [-0.05, 0) is 32.4 Å². The van der Waals surface area contributed by atoms with E-state index in [1.54, 1.807) is 24.5 Å². The quantitative estimate of drug-likeness (QED) is 0.862. The van der Waals surface area contributed by atoms with Crippen molar-refractivity contribution in [2.75, 3.05) is 6.61 Å². The fourth-order valence-corrected chi connectivity index (χ4v) is 2.36. The molecule has 116 valence electrons. The van der Waals surface area contributed by atoms with Gasteiger partial charge in [-0.3, -0.25) is 4.79 Å². The number of rotatable bonds is 5. The lowest BCUT2D eigenvalue weighted by atomic mass is 10.1. The maximum atomic E-state index is 12.0. The highest BCUT2D eigenvalue weighted by Gasteiger charge is 2.20. The Labute approximate surface area is 129 Å². The summed E-state index contributed by atoms with van der Waals surface area (Å²) in [7, 11) is 0. The molecule has 22 heavy (non-hydrogen) atoms. The number of hydrogen-bond donors (Lipinski definition) is 1. The van der Waals surface area contributed by atoms with Gasteiger partial charge in [0.1, 0.15) is 6.54 Å². The number of ether oxygens (including phenoxy) is 1. The predicted molar refractivity (Wildman–Crippen MR) is 82.9 cm³/mol. The Balaban J connectivity index is 2.55. The zero-order chi connectivity index (χ0) is 16.3. The lowest BCUT2D eigenvalue weighted by Crippen LogP contribution is -2.13. The minimum absolute atomic E-state index is 0.200. The first-order valence-electron chi connectivity index (χ1n) is 7.10. The third-order valence-electron chi connectivity index (χ3n) is 3.50. The highest BCUT2D eigenvalue weighted by Crippen LogP contribution is 2.27. The Bertz CT molecular complexity index is 698. The second kappa shape index (κ2) is 6.47. The smallest absolute Gasteiger partial charge is 0.339 e. The zero-order valence-corrected chi connectivity index (χ0v) is 12.9. The van der Waals surface area contributed by atoms with Crippen LogP contribution < -0.4 is 0 Å². The lowest BCUT2D eigenvalue weighted by Gasteiger charge is -2.09. The zero-order valence-electron chi connectivity index (χ0n) is 12.9. The van der Waals surface area contributed by atoms with Crippen LogP contribution in [-0.4, -0.2) is 28.2 Å². The fourth-order valence-electron chi connectivity index (χ4n) is 2.36. The van der Waals surface area contributed by atoms with E-state index in [4.69, 9.17) is 9.84 Å². The van der Waals surface area contributed by atoms with Crippen molar-refractivity contribution in [2.45, 2.75) is 27.3 Å². The van der Waals surface area contributed by atoms with E-state index in [1.165, 1.54) is 0 Å². The van der Waals surface area contributed by atoms with Gasteiger partial charge in [-0.25, -0.2) is 4.79 Å². The first-order chi connectivity index (χ1) is 10.4. The Morgan fingerprint density at radius 1 is 1.18 bits per heavy atom. The fraction of sp³-hybridized carbons (Fsp3) is 0.294. The molecular formula is C17H19NO4. The second-order valence-electron chi connectivity index (χ2n) is 5.10. The Hall–Kier alpha value is -2.56. The number of aliphatic carboxylic acids is 1. The topological polar surface area (TPSA) is 68.5 Å². The number of hydrogen-bond acceptors (Lipinski definition) is 3. The van der Waals surface area contributed by atoms with Gasteiger partial charge in [0.15, 0.2) is 0 Å². The van der Waals surface area contributed by atoms with Gasteiger partial charge in [-0.2, -0.15) is 0 Å². The molecule has 0 saturated heterocycles. The van der Waals surface area contributed by atoms with Gasteiger partial charge in [-0.1, -0.05) is 29.8 Å². The number of nitrogens with zero attached hydrogens (tertiary/aromatic N) is 1. The molecule has 1 aromatic carbocycles. The number of carboxylic acids is 1. The summed E-state index contributed by atoms with van der Waals surface area (Å²) in [5, 5.41) is 9.12. The van der Waals surface area contributed by atoms with Gasteiger partial charge < -0.3 is 14.4 Å². The van der Waals surface area contributed by atoms with Crippen LogP contribution in [0, 0.1) is 13.8 Å². The monoisotopic (exact) mass is 301 g/mol. The molecule has 0 bridgehead atoms. The van der Waals surface area contributed by atoms with Crippen molar-refractivity contribution in [3.8, 4) is 11.3 Å². The minimum atomic E-state index is -0.956. The summed E-state index contributed by atoms with van der Waals surface area (Å²) in [6.45, 7) is 5.53. The standard InChI is InChI=1S/C17H19NO4/c1-4-22-17(21)14-9-15(13-7-5-11(2)6-8-13)18(12(14)3)10-16(19)20/h5-9H,4,10H2,1-3H3,(H,19,20). The SMILES string of the molecule is CCOC(=O)c1cc(-c2ccc(C)cc2)n(CC(=O)O)c1C. The van der Waals surface area contributed by atoms with E-state index in [0.717, 1.165) is 11.1 Å². The molecule has 1 N–H and O–H groups in total. The molecule has 0 aliphatic heterocycles. The normalized spacial score (nSPS) is 10.5. The first kappa shape index (κ1) is 15.8. The average Bonchev–Trinajstić information content (AvgIpc) is 2.77. The molecule has 0 atom stereocenters. The molecule has 2 aromatic rings. The maximum absolute atomic E-state index is 12.0. The Morgan fingerprint density at radius 2 is 1.82 bits per heavy atom. The van der Waals surface area contributed by atoms with Crippen LogP contribution in [0.25, 0.3) is 11.3 Å². The Morgan fingerprint density at radius 3 is 2.36 bits per heavy atom. The summed E-state index contributed by atoms with van der Waals surface area (Å²) in [4.78, 5) is 23.1. The number of carboxylic acid groups (broad SMARTS) is 1. The number of aryl methyl sites for hydroxylation is 1. The third-order valence-corrected chi connectivity index (χ3v) is 3.50. The average molecular weight is 301 g/mol. The summed E-state index contributed by atoms with van der Waals surface area (Å²) >= 11 is 0. The molecule has 0 aliphatic carbocycles. The first-order valence-corrected chi connectivity index (χ1v) is 7.10. The van der Waals surface area contributed by atoms with Crippen molar-refractivity contribution in [3.05, 3.63) is 47.2 Å². The molecule has 0 unspecified atom stereocenters. The van der Waals surface area contributed by atoms with Crippen molar-refractivity contribution < 1.29 is 19.4 Å². The van der Waals surface area contributed by atoms with E-state index in [9.17, 15) is 9.59 Å². The van der Waals surface area contributed by atoms with E-state index in [2.05, 4.69) is 0 Å². The van der Waals surface area contributed by atoms with Gasteiger partial charge in [0.05, 0.1) is 12.2 Å². The Kier molecular flexibility index (Phi) is 4.65. The molecule has 0 amide bonds. The van der Waals surface area contributed by atoms with Crippen molar-refractivity contribution >= 4 is 11.9 Å². The molecule has 0 fully saturated rings. The van der Waals surface area contributed by atoms with Crippen LogP contribution in [0.4, 0.5) is 0 Å². The molecule has 1 heterocycles. The summed E-state index contributed by atoms with van der Waals surface area (Å²) in [6, 6.07) is 9.43. The third kappa shape index (κ3) is 3.19. The number of aromatic nitrogens is 1. The summed E-state index contributed by atoms with van der Waals surface area (Å²) in [5.41, 5.74) is 3.67. The van der Waals surface area contributed by atoms with Crippen LogP contribution in [0.1, 0.15) is 28.5 Å². The van der Waals surface area contributed by atoms with Gasteiger partial charge >= 0.3 is 11.9 Å². The molecule has 0 radical (unpaired) electrons. The van der Waals surface area contributed by atoms with Crippen LogP contribution in [0.5, 0.6) is 0 Å². The highest BCUT2D eigenvalue weighted by molar-refractivity contribution is 5.93. The van der Waals surface area contributed by atoms with Crippen molar-refractivity contribution in [3.63, 3.8) is 0 Å². The lowest BCUT2D eigenvalue weighted by molar-refractivity contribution is -0.137. The summed E-state index contributed by atoms with van der Waals surface area (Å²) in [5.74, 6) is -1.39. The van der Waals surface area contributed by atoms with Crippen molar-refractivity contribution in [1.82, 2.24) is 4.57 Å². The van der Waals surface area contributed by atoms with E-state index in [0.29, 0.717) is 17.0 Å². The van der Waals surface area contributed by atoms with E-state index < -0.39 is 11.9 Å². The summed E-state index contributed by atoms with van der Waals surface area (Å²) in [6.07, 6.45) is 0. The second-order valence-corrected chi connectivity index (χ2v) is 5.10. The van der Waals surface area contributed by atoms with Gasteiger partial charge in [0, 0.05) is 11.4 Å². The largest absolute Gasteiger partial charge is 0.480 e. The van der Waals surface area contributed by atoms with Crippen LogP contribution in [0.3, 0.4) is 0 Å². The number of carbonyl (C=O) groups is 2. The van der Waals surface area contributed by atoms with Crippen LogP contribution >= 0.6 is 0 Å². The molecule has 2 rings (SSSR count). The molecule has 5 heteroatoms. The van der Waals surface area contributed by atoms with Gasteiger partial charge in [-0.15, -0.1) is 0 Å². The van der Waals surface area contributed by atoms with Crippen LogP contribution in [-0.2, 0) is 16.1 Å².